The zero-order valence-electron chi connectivity index (χ0n) is 13.1. The first-order valence-electron chi connectivity index (χ1n) is 8.09. The van der Waals surface area contributed by atoms with Gasteiger partial charge in [0.15, 0.2) is 11.5 Å². The SMILES string of the molecule is O=C(Nc1ccc2c(c1)OCO2)NC1CCC(n2cncn2)CC1. The summed E-state index contributed by atoms with van der Waals surface area (Å²) in [5.74, 6) is 1.36. The fourth-order valence-corrected chi connectivity index (χ4v) is 3.22. The van der Waals surface area contributed by atoms with Crippen LogP contribution < -0.4 is 20.1 Å². The Balaban J connectivity index is 1.28. The van der Waals surface area contributed by atoms with Gasteiger partial charge < -0.3 is 20.1 Å². The Hall–Kier alpha value is -2.77. The molecule has 24 heavy (non-hydrogen) atoms. The zero-order chi connectivity index (χ0) is 16.4. The van der Waals surface area contributed by atoms with E-state index in [9.17, 15) is 4.79 Å². The third kappa shape index (κ3) is 3.12. The lowest BCUT2D eigenvalue weighted by Crippen LogP contribution is -2.40. The fourth-order valence-electron chi connectivity index (χ4n) is 3.22. The van der Waals surface area contributed by atoms with Gasteiger partial charge in [-0.25, -0.2) is 14.5 Å². The molecule has 1 saturated carbocycles. The second-order valence-electron chi connectivity index (χ2n) is 6.05. The molecule has 4 rings (SSSR count). The molecular weight excluding hydrogens is 310 g/mol. The molecule has 1 aromatic carbocycles. The van der Waals surface area contributed by atoms with Crippen LogP contribution in [0.3, 0.4) is 0 Å². The minimum absolute atomic E-state index is 0.179. The zero-order valence-corrected chi connectivity index (χ0v) is 13.1. The van der Waals surface area contributed by atoms with Crippen molar-refractivity contribution in [1.29, 1.82) is 0 Å². The van der Waals surface area contributed by atoms with Crippen LogP contribution in [0.2, 0.25) is 0 Å². The van der Waals surface area contributed by atoms with Crippen molar-refractivity contribution in [2.45, 2.75) is 37.8 Å². The van der Waals surface area contributed by atoms with Crippen molar-refractivity contribution in [2.24, 2.45) is 0 Å². The normalized spacial score (nSPS) is 22.2. The second-order valence-corrected chi connectivity index (χ2v) is 6.05. The Morgan fingerprint density at radius 2 is 2.00 bits per heavy atom. The van der Waals surface area contributed by atoms with Crippen LogP contribution in [-0.4, -0.2) is 33.6 Å². The summed E-state index contributed by atoms with van der Waals surface area (Å²) in [6, 6.07) is 5.72. The molecule has 2 aromatic rings. The van der Waals surface area contributed by atoms with Crippen LogP contribution in [0.4, 0.5) is 10.5 Å². The average molecular weight is 329 g/mol. The molecule has 2 aliphatic rings. The topological polar surface area (TPSA) is 90.3 Å². The van der Waals surface area contributed by atoms with Crippen LogP contribution in [0.5, 0.6) is 11.5 Å². The number of nitrogens with zero attached hydrogens (tertiary/aromatic N) is 3. The first kappa shape index (κ1) is 14.8. The number of urea groups is 1. The largest absolute Gasteiger partial charge is 0.454 e. The number of benzene rings is 1. The van der Waals surface area contributed by atoms with Gasteiger partial charge in [0.25, 0.3) is 0 Å². The minimum atomic E-state index is -0.196. The van der Waals surface area contributed by atoms with Gasteiger partial charge in [0, 0.05) is 17.8 Å². The molecule has 1 fully saturated rings. The molecule has 0 atom stereocenters. The summed E-state index contributed by atoms with van der Waals surface area (Å²) < 4.78 is 12.5. The monoisotopic (exact) mass is 329 g/mol. The number of carbonyl (C=O) groups excluding carboxylic acids is 1. The molecule has 8 nitrogen and oxygen atoms in total. The average Bonchev–Trinajstić information content (AvgIpc) is 3.26. The van der Waals surface area contributed by atoms with Gasteiger partial charge in [-0.1, -0.05) is 0 Å². The number of fused-ring (bicyclic) bond motifs is 1. The number of rotatable bonds is 3. The van der Waals surface area contributed by atoms with E-state index in [2.05, 4.69) is 20.7 Å². The maximum absolute atomic E-state index is 12.2. The van der Waals surface area contributed by atoms with Crippen LogP contribution in [0.15, 0.2) is 30.9 Å². The molecule has 2 N–H and O–H groups in total. The second kappa shape index (κ2) is 6.38. The lowest BCUT2D eigenvalue weighted by molar-refractivity contribution is 0.174. The standard InChI is InChI=1S/C16H19N5O3/c22-16(20-12-3-6-14-15(7-12)24-10-23-14)19-11-1-4-13(5-2-11)21-9-17-8-18-21/h3,6-9,11,13H,1-2,4-5,10H2,(H2,19,20,22). The number of ether oxygens (including phenoxy) is 2. The Bertz CT molecular complexity index is 711. The summed E-state index contributed by atoms with van der Waals surface area (Å²) in [4.78, 5) is 16.2. The van der Waals surface area contributed by atoms with Crippen molar-refractivity contribution in [3.63, 3.8) is 0 Å². The van der Waals surface area contributed by atoms with Crippen LogP contribution in [0, 0.1) is 0 Å². The third-order valence-electron chi connectivity index (χ3n) is 4.47. The molecular formula is C16H19N5O3. The molecule has 2 heterocycles. The number of carbonyl (C=O) groups is 1. The van der Waals surface area contributed by atoms with E-state index in [4.69, 9.17) is 9.47 Å². The summed E-state index contributed by atoms with van der Waals surface area (Å²) in [6.07, 6.45) is 7.14. The van der Waals surface area contributed by atoms with Crippen molar-refractivity contribution in [1.82, 2.24) is 20.1 Å². The van der Waals surface area contributed by atoms with E-state index in [0.717, 1.165) is 25.7 Å². The fraction of sp³-hybridized carbons (Fsp3) is 0.438. The quantitative estimate of drug-likeness (QED) is 0.902. The molecule has 0 bridgehead atoms. The van der Waals surface area contributed by atoms with Gasteiger partial charge >= 0.3 is 6.03 Å². The summed E-state index contributed by atoms with van der Waals surface area (Å²) in [7, 11) is 0. The highest BCUT2D eigenvalue weighted by molar-refractivity contribution is 5.89. The van der Waals surface area contributed by atoms with Crippen LogP contribution in [0.1, 0.15) is 31.7 Å². The summed E-state index contributed by atoms with van der Waals surface area (Å²) >= 11 is 0. The Labute approximate surface area is 139 Å². The van der Waals surface area contributed by atoms with E-state index in [1.165, 1.54) is 0 Å². The van der Waals surface area contributed by atoms with Gasteiger partial charge in [-0.2, -0.15) is 5.10 Å². The van der Waals surface area contributed by atoms with Crippen molar-refractivity contribution in [3.8, 4) is 11.5 Å². The van der Waals surface area contributed by atoms with Crippen LogP contribution in [0.25, 0.3) is 0 Å². The third-order valence-corrected chi connectivity index (χ3v) is 4.47. The number of hydrogen-bond donors (Lipinski definition) is 2. The van der Waals surface area contributed by atoms with Gasteiger partial charge in [0.1, 0.15) is 12.7 Å². The molecule has 1 aliphatic heterocycles. The van der Waals surface area contributed by atoms with Crippen LogP contribution in [-0.2, 0) is 0 Å². The summed E-state index contributed by atoms with van der Waals surface area (Å²) in [5.41, 5.74) is 0.688. The van der Waals surface area contributed by atoms with Crippen LogP contribution >= 0.6 is 0 Å². The first-order chi connectivity index (χ1) is 11.8. The number of anilines is 1. The van der Waals surface area contributed by atoms with Crippen molar-refractivity contribution in [3.05, 3.63) is 30.9 Å². The molecule has 0 radical (unpaired) electrons. The number of aromatic nitrogens is 3. The van der Waals surface area contributed by atoms with Gasteiger partial charge in [-0.3, -0.25) is 0 Å². The molecule has 1 aliphatic carbocycles. The highest BCUT2D eigenvalue weighted by atomic mass is 16.7. The van der Waals surface area contributed by atoms with Gasteiger partial charge in [0.2, 0.25) is 6.79 Å². The molecule has 2 amide bonds. The lowest BCUT2D eigenvalue weighted by atomic mass is 9.91. The summed E-state index contributed by atoms with van der Waals surface area (Å²) in [5, 5.41) is 10.1. The summed E-state index contributed by atoms with van der Waals surface area (Å²) in [6.45, 7) is 0.222. The smallest absolute Gasteiger partial charge is 0.319 e. The molecule has 0 saturated heterocycles. The van der Waals surface area contributed by atoms with Gasteiger partial charge in [-0.15, -0.1) is 0 Å². The lowest BCUT2D eigenvalue weighted by Gasteiger charge is -2.29. The van der Waals surface area contributed by atoms with E-state index in [-0.39, 0.29) is 18.9 Å². The van der Waals surface area contributed by atoms with Crippen molar-refractivity contribution in [2.75, 3.05) is 12.1 Å². The Morgan fingerprint density at radius 1 is 1.17 bits per heavy atom. The van der Waals surface area contributed by atoms with E-state index in [1.54, 1.807) is 30.9 Å². The molecule has 1 aromatic heterocycles. The van der Waals surface area contributed by atoms with E-state index in [0.29, 0.717) is 23.2 Å². The highest BCUT2D eigenvalue weighted by Gasteiger charge is 2.24. The number of hydrogen-bond acceptors (Lipinski definition) is 5. The Kier molecular flexibility index (Phi) is 3.94. The van der Waals surface area contributed by atoms with Crippen molar-refractivity contribution < 1.29 is 14.3 Å². The van der Waals surface area contributed by atoms with E-state index in [1.807, 2.05) is 4.68 Å². The van der Waals surface area contributed by atoms with E-state index >= 15 is 0 Å². The maximum atomic E-state index is 12.2. The number of amides is 2. The molecule has 126 valence electrons. The maximum Gasteiger partial charge on any atom is 0.319 e. The van der Waals surface area contributed by atoms with Gasteiger partial charge in [0.05, 0.1) is 6.04 Å². The predicted molar refractivity (Wildman–Crippen MR) is 86.0 cm³/mol. The van der Waals surface area contributed by atoms with Crippen molar-refractivity contribution >= 4 is 11.7 Å². The molecule has 0 unspecified atom stereocenters. The first-order valence-corrected chi connectivity index (χ1v) is 8.09. The molecule has 0 spiro atoms. The molecule has 8 heteroatoms. The number of nitrogens with one attached hydrogen (secondary N) is 2. The van der Waals surface area contributed by atoms with Gasteiger partial charge in [-0.05, 0) is 37.8 Å². The Morgan fingerprint density at radius 3 is 2.79 bits per heavy atom. The predicted octanol–water partition coefficient (Wildman–Crippen LogP) is 2.31. The highest BCUT2D eigenvalue weighted by Crippen LogP contribution is 2.34. The minimum Gasteiger partial charge on any atom is -0.454 e. The van der Waals surface area contributed by atoms with E-state index < -0.39 is 0 Å².